The summed E-state index contributed by atoms with van der Waals surface area (Å²) in [4.78, 5) is 7.76. The van der Waals surface area contributed by atoms with E-state index in [9.17, 15) is 0 Å². The third kappa shape index (κ3) is 4.60. The van der Waals surface area contributed by atoms with Gasteiger partial charge in [-0.2, -0.15) is 0 Å². The minimum absolute atomic E-state index is 0.896. The zero-order chi connectivity index (χ0) is 24.7. The number of halogens is 1. The van der Waals surface area contributed by atoms with Gasteiger partial charge in [0.25, 0.3) is 0 Å². The molecule has 0 saturated heterocycles. The third-order valence-corrected chi connectivity index (χ3v) is 6.96. The second-order valence-electron chi connectivity index (χ2n) is 8.96. The minimum Gasteiger partial charge on any atom is -0.452 e. The summed E-state index contributed by atoms with van der Waals surface area (Å²) in [5, 5.41) is 3.66. The first-order valence-electron chi connectivity index (χ1n) is 12.0. The van der Waals surface area contributed by atoms with Crippen LogP contribution in [-0.4, -0.2) is 31.2 Å². The van der Waals surface area contributed by atoms with Crippen LogP contribution >= 0.6 is 0 Å². The normalized spacial score (nSPS) is 15.2. The number of rotatable bonds is 2. The molecule has 2 aromatic rings. The Balaban J connectivity index is 0.000000464. The van der Waals surface area contributed by atoms with E-state index in [1.54, 1.807) is 0 Å². The van der Waals surface area contributed by atoms with Gasteiger partial charge in [0.1, 0.15) is 24.3 Å². The van der Waals surface area contributed by atoms with Crippen molar-refractivity contribution in [3.8, 4) is 11.5 Å². The highest BCUT2D eigenvalue weighted by Gasteiger charge is 2.28. The molecule has 0 N–H and O–H groups in total. The zero-order valence-electron chi connectivity index (χ0n) is 19.9. The summed E-state index contributed by atoms with van der Waals surface area (Å²) in [5.41, 5.74) is 7.25. The van der Waals surface area contributed by atoms with Crippen molar-refractivity contribution in [3.63, 3.8) is 0 Å². The summed E-state index contributed by atoms with van der Waals surface area (Å²) in [6, 6.07) is 13.1. The Morgan fingerprint density at radius 1 is 0.971 bits per heavy atom. The summed E-state index contributed by atoms with van der Waals surface area (Å²) in [6.45, 7) is 8.71. The molecule has 2 aromatic carbocycles. The molecule has 0 unspecified atom stereocenters. The fourth-order valence-electron chi connectivity index (χ4n) is 5.58. The van der Waals surface area contributed by atoms with Gasteiger partial charge in [-0.3, -0.25) is 0 Å². The summed E-state index contributed by atoms with van der Waals surface area (Å²) in [7, 11) is -4.94. The van der Waals surface area contributed by atoms with Crippen LogP contribution in [0.4, 0.5) is 5.69 Å². The number of benzene rings is 3. The van der Waals surface area contributed by atoms with Crippen LogP contribution in [0.3, 0.4) is 0 Å². The maximum Gasteiger partial charge on any atom is 0.211 e. The lowest BCUT2D eigenvalue weighted by Gasteiger charge is -2.37. The van der Waals surface area contributed by atoms with Gasteiger partial charge in [-0.05, 0) is 57.2 Å². The molecule has 184 valence electrons. The van der Waals surface area contributed by atoms with Gasteiger partial charge in [-0.15, -0.1) is 10.2 Å². The summed E-state index contributed by atoms with van der Waals surface area (Å²) in [6.07, 6.45) is 4.67. The van der Waals surface area contributed by atoms with Crippen molar-refractivity contribution < 1.29 is 33.3 Å². The Hall–Kier alpha value is -2.75. The first-order valence-corrected chi connectivity index (χ1v) is 13.3. The molecule has 0 fully saturated rings. The summed E-state index contributed by atoms with van der Waals surface area (Å²) in [5.74, 6) is 0.896. The highest BCUT2D eigenvalue weighted by atomic mass is 35.7. The van der Waals surface area contributed by atoms with E-state index in [0.29, 0.717) is 0 Å². The number of fused-ring (bicyclic) bond motifs is 5. The molecule has 0 radical (unpaired) electrons. The van der Waals surface area contributed by atoms with Gasteiger partial charge in [0.2, 0.25) is 5.36 Å². The van der Waals surface area contributed by atoms with Crippen molar-refractivity contribution >= 4 is 27.6 Å². The predicted molar refractivity (Wildman–Crippen MR) is 123 cm³/mol. The quantitative estimate of drug-likeness (QED) is 0.214. The Kier molecular flexibility index (Phi) is 6.41. The van der Waals surface area contributed by atoms with Gasteiger partial charge >= 0.3 is 0 Å². The van der Waals surface area contributed by atoms with Gasteiger partial charge in [-0.1, -0.05) is 18.2 Å². The van der Waals surface area contributed by atoms with Crippen LogP contribution in [0, 0.1) is 10.2 Å². The van der Waals surface area contributed by atoms with E-state index in [2.05, 4.69) is 59.7 Å². The molecule has 3 aliphatic heterocycles. The molecular weight excluding hydrogens is 470 g/mol. The maximum absolute atomic E-state index is 8.49. The summed E-state index contributed by atoms with van der Waals surface area (Å²) < 4.78 is 43.1. The van der Waals surface area contributed by atoms with E-state index >= 15 is 0 Å². The molecule has 1 aliphatic carbocycles. The standard InChI is InChI=1S/C26H28N3O.ClHO4/c1-3-28(4-2)22-16-23-24(19-11-6-5-10-18(19)22)27-21-15-17-9-7-13-29-14-8-12-20(25(17)29)26(21)30-23;2-1(3,4)5/h5-6,10-11,15-16H,3-4,7-9,12-14H2,1-2H3;(H,2,3,4,5)/q+1;/p-1. The molecule has 0 atom stereocenters. The lowest BCUT2D eigenvalue weighted by atomic mass is 9.91. The van der Waals surface area contributed by atoms with E-state index in [1.807, 2.05) is 0 Å². The number of aryl methyl sites for hydroxylation is 2. The highest BCUT2D eigenvalue weighted by Crippen LogP contribution is 2.41. The van der Waals surface area contributed by atoms with Crippen molar-refractivity contribution in [1.29, 1.82) is 0 Å². The fraction of sp³-hybridized carbons (Fsp3) is 0.385. The monoisotopic (exact) mass is 497 g/mol. The predicted octanol–water partition coefficient (Wildman–Crippen LogP) is -0.159. The summed E-state index contributed by atoms with van der Waals surface area (Å²) >= 11 is 0. The lowest BCUT2D eigenvalue weighted by Crippen LogP contribution is -2.68. The van der Waals surface area contributed by atoms with E-state index in [4.69, 9.17) is 28.0 Å². The van der Waals surface area contributed by atoms with Crippen LogP contribution in [0.1, 0.15) is 37.8 Å². The Bertz CT molecular complexity index is 1430. The number of hydrogen-bond acceptors (Lipinski definition) is 7. The topological polar surface area (TPSA) is 125 Å². The first kappa shape index (κ1) is 24.0. The lowest BCUT2D eigenvalue weighted by molar-refractivity contribution is -2.00. The molecule has 35 heavy (non-hydrogen) atoms. The second-order valence-corrected chi connectivity index (χ2v) is 9.71. The number of anilines is 1. The maximum atomic E-state index is 8.49. The van der Waals surface area contributed by atoms with Gasteiger partial charge in [-0.25, -0.2) is 28.2 Å². The molecule has 0 amide bonds. The number of nitrogens with zero attached hydrogens (tertiary/aromatic N) is 3. The van der Waals surface area contributed by atoms with Crippen molar-refractivity contribution in [2.24, 2.45) is 0 Å². The Morgan fingerprint density at radius 3 is 2.31 bits per heavy atom. The van der Waals surface area contributed by atoms with Crippen molar-refractivity contribution in [3.05, 3.63) is 52.9 Å². The first-order chi connectivity index (χ1) is 16.8. The molecule has 8 nitrogen and oxygen atoms in total. The SMILES string of the molecule is CC[N+](CC)=c1cc2oc3c4c5c(cc3nc-2c2ccccc12)CCCN5CCC4.[O-][Cl+3]([O-])([O-])[O-]. The highest BCUT2D eigenvalue weighted by molar-refractivity contribution is 5.97. The average molecular weight is 498 g/mol. The molecule has 0 aromatic heterocycles. The number of hydrogen-bond donors (Lipinski definition) is 0. The molecule has 0 bridgehead atoms. The van der Waals surface area contributed by atoms with Crippen LogP contribution in [0.2, 0.25) is 0 Å². The van der Waals surface area contributed by atoms with Crippen LogP contribution in [0.25, 0.3) is 33.3 Å². The van der Waals surface area contributed by atoms with Gasteiger partial charge in [0.05, 0.1) is 11.5 Å². The van der Waals surface area contributed by atoms with E-state index in [1.165, 1.54) is 58.9 Å². The molecule has 6 rings (SSSR count). The second kappa shape index (κ2) is 9.37. The molecule has 4 aliphatic rings. The van der Waals surface area contributed by atoms with Crippen LogP contribution in [-0.2, 0) is 12.8 Å². The smallest absolute Gasteiger partial charge is 0.211 e. The third-order valence-electron chi connectivity index (χ3n) is 6.96. The van der Waals surface area contributed by atoms with Gasteiger partial charge in [0, 0.05) is 29.7 Å². The average Bonchev–Trinajstić information content (AvgIpc) is 2.83. The van der Waals surface area contributed by atoms with Crippen LogP contribution in [0.5, 0.6) is 0 Å². The molecule has 0 saturated carbocycles. The van der Waals surface area contributed by atoms with Crippen molar-refractivity contribution in [2.75, 3.05) is 31.1 Å². The molecule has 0 spiro atoms. The zero-order valence-corrected chi connectivity index (χ0v) is 20.6. The fourth-order valence-corrected chi connectivity index (χ4v) is 5.58. The van der Waals surface area contributed by atoms with Gasteiger partial charge < -0.3 is 9.32 Å². The Labute approximate surface area is 205 Å². The number of aromatic nitrogens is 1. The van der Waals surface area contributed by atoms with E-state index in [-0.39, 0.29) is 0 Å². The molecule has 9 heteroatoms. The van der Waals surface area contributed by atoms with Crippen LogP contribution < -0.4 is 33.5 Å². The largest absolute Gasteiger partial charge is 0.452 e. The molecule has 3 heterocycles. The van der Waals surface area contributed by atoms with E-state index < -0.39 is 10.2 Å². The Morgan fingerprint density at radius 2 is 1.63 bits per heavy atom. The minimum atomic E-state index is -4.94. The van der Waals surface area contributed by atoms with Crippen molar-refractivity contribution in [1.82, 2.24) is 9.56 Å². The van der Waals surface area contributed by atoms with E-state index in [0.717, 1.165) is 48.5 Å². The van der Waals surface area contributed by atoms with Gasteiger partial charge in [0.15, 0.2) is 11.3 Å². The van der Waals surface area contributed by atoms with Crippen molar-refractivity contribution in [2.45, 2.75) is 39.5 Å². The molecular formula is C26H28ClN3O5. The van der Waals surface area contributed by atoms with Crippen LogP contribution in [0.15, 0.2) is 40.8 Å².